The fourth-order valence-electron chi connectivity index (χ4n) is 2.09. The number of ketones is 1. The summed E-state index contributed by atoms with van der Waals surface area (Å²) < 4.78 is 29.4. The molecule has 5 nitrogen and oxygen atoms in total. The molecule has 0 unspecified atom stereocenters. The monoisotopic (exact) mass is 369 g/mol. The van der Waals surface area contributed by atoms with E-state index in [1.165, 1.54) is 12.1 Å². The van der Waals surface area contributed by atoms with Crippen molar-refractivity contribution in [1.82, 2.24) is 5.16 Å². The highest BCUT2D eigenvalue weighted by Gasteiger charge is 2.30. The van der Waals surface area contributed by atoms with Gasteiger partial charge < -0.3 is 4.52 Å². The molecule has 1 saturated carbocycles. The van der Waals surface area contributed by atoms with Crippen LogP contribution in [0, 0.1) is 0 Å². The van der Waals surface area contributed by atoms with Crippen LogP contribution in [0.5, 0.6) is 0 Å². The van der Waals surface area contributed by atoms with Gasteiger partial charge in [-0.1, -0.05) is 21.1 Å². The fourth-order valence-corrected chi connectivity index (χ4v) is 3.50. The van der Waals surface area contributed by atoms with Crippen molar-refractivity contribution in [2.75, 3.05) is 6.26 Å². The summed E-state index contributed by atoms with van der Waals surface area (Å²) in [6.07, 6.45) is 3.15. The topological polar surface area (TPSA) is 77.2 Å². The van der Waals surface area contributed by atoms with E-state index in [-0.39, 0.29) is 16.2 Å². The van der Waals surface area contributed by atoms with Crippen LogP contribution in [0.15, 0.2) is 38.2 Å². The third-order valence-electron chi connectivity index (χ3n) is 3.33. The van der Waals surface area contributed by atoms with E-state index >= 15 is 0 Å². The highest BCUT2D eigenvalue weighted by Crippen LogP contribution is 2.40. The van der Waals surface area contributed by atoms with Gasteiger partial charge in [0.05, 0.1) is 4.90 Å². The third kappa shape index (κ3) is 2.94. The average Bonchev–Trinajstić information content (AvgIpc) is 3.15. The lowest BCUT2D eigenvalue weighted by molar-refractivity contribution is 0.102. The van der Waals surface area contributed by atoms with Crippen LogP contribution in [0.2, 0.25) is 0 Å². The molecule has 0 radical (unpaired) electrons. The van der Waals surface area contributed by atoms with Crippen LogP contribution in [0.4, 0.5) is 0 Å². The van der Waals surface area contributed by atoms with Gasteiger partial charge in [0.2, 0.25) is 5.78 Å². The van der Waals surface area contributed by atoms with Crippen LogP contribution >= 0.6 is 15.9 Å². The lowest BCUT2D eigenvalue weighted by Gasteiger charge is -2.06. The fraction of sp³-hybridized carbons (Fsp3) is 0.286. The summed E-state index contributed by atoms with van der Waals surface area (Å²) in [5, 5.41) is 3.77. The lowest BCUT2D eigenvalue weighted by atomic mass is 10.1. The highest BCUT2D eigenvalue weighted by molar-refractivity contribution is 9.10. The largest absolute Gasteiger partial charge is 0.360 e. The molecule has 1 fully saturated rings. The summed E-state index contributed by atoms with van der Waals surface area (Å²) >= 11 is 3.22. The lowest BCUT2D eigenvalue weighted by Crippen LogP contribution is -2.09. The predicted octanol–water partition coefficient (Wildman–Crippen LogP) is 2.95. The Morgan fingerprint density at radius 2 is 2.05 bits per heavy atom. The number of hydrogen-bond acceptors (Lipinski definition) is 5. The second-order valence-electron chi connectivity index (χ2n) is 5.13. The summed E-state index contributed by atoms with van der Waals surface area (Å²) in [6.45, 7) is 0. The van der Waals surface area contributed by atoms with E-state index in [0.717, 1.165) is 19.1 Å². The van der Waals surface area contributed by atoms with Crippen LogP contribution < -0.4 is 0 Å². The minimum absolute atomic E-state index is 0.0159. The standard InChI is InChI=1S/C14H12BrNO4S/c1-21(18,19)13-6-9(15)4-5-10(13)14(17)11-7-12(20-16-11)8-2-3-8/h4-8H,2-3H2,1H3. The van der Waals surface area contributed by atoms with Crippen molar-refractivity contribution in [2.24, 2.45) is 0 Å². The summed E-state index contributed by atoms with van der Waals surface area (Å²) in [7, 11) is -3.52. The van der Waals surface area contributed by atoms with E-state index in [1.807, 2.05) is 0 Å². The Morgan fingerprint density at radius 1 is 1.33 bits per heavy atom. The molecule has 0 saturated heterocycles. The van der Waals surface area contributed by atoms with Gasteiger partial charge in [-0.25, -0.2) is 8.42 Å². The van der Waals surface area contributed by atoms with Crippen molar-refractivity contribution in [3.05, 3.63) is 45.8 Å². The molecule has 0 N–H and O–H groups in total. The summed E-state index contributed by atoms with van der Waals surface area (Å²) in [4.78, 5) is 12.5. The Morgan fingerprint density at radius 3 is 2.67 bits per heavy atom. The molecule has 7 heteroatoms. The Bertz CT molecular complexity index is 821. The molecule has 0 aliphatic heterocycles. The molecule has 1 heterocycles. The van der Waals surface area contributed by atoms with Crippen LogP contribution in [-0.4, -0.2) is 25.6 Å². The van der Waals surface area contributed by atoms with Gasteiger partial charge in [0, 0.05) is 28.3 Å². The van der Waals surface area contributed by atoms with Crippen molar-refractivity contribution >= 4 is 31.6 Å². The van der Waals surface area contributed by atoms with Crippen LogP contribution in [-0.2, 0) is 9.84 Å². The number of rotatable bonds is 4. The van der Waals surface area contributed by atoms with Crippen molar-refractivity contribution in [1.29, 1.82) is 0 Å². The van der Waals surface area contributed by atoms with Gasteiger partial charge in [0.15, 0.2) is 15.5 Å². The molecule has 0 bridgehead atoms. The molecule has 3 rings (SSSR count). The van der Waals surface area contributed by atoms with Crippen LogP contribution in [0.25, 0.3) is 0 Å². The maximum atomic E-state index is 12.5. The van der Waals surface area contributed by atoms with E-state index in [9.17, 15) is 13.2 Å². The smallest absolute Gasteiger partial charge is 0.216 e. The Kier molecular flexibility index (Phi) is 3.49. The van der Waals surface area contributed by atoms with E-state index in [0.29, 0.717) is 16.2 Å². The molecular formula is C14H12BrNO4S. The average molecular weight is 370 g/mol. The normalized spacial score (nSPS) is 15.1. The van der Waals surface area contributed by atoms with Gasteiger partial charge in [0.1, 0.15) is 5.76 Å². The molecule has 0 atom stereocenters. The first-order valence-corrected chi connectivity index (χ1v) is 9.05. The number of halogens is 1. The van der Waals surface area contributed by atoms with Gasteiger partial charge in [-0.05, 0) is 31.0 Å². The predicted molar refractivity (Wildman–Crippen MR) is 79.2 cm³/mol. The number of carbonyl (C=O) groups excluding carboxylic acids is 1. The molecule has 21 heavy (non-hydrogen) atoms. The zero-order chi connectivity index (χ0) is 15.2. The SMILES string of the molecule is CS(=O)(=O)c1cc(Br)ccc1C(=O)c1cc(C2CC2)on1. The number of carbonyl (C=O) groups is 1. The van der Waals surface area contributed by atoms with Crippen LogP contribution in [0.3, 0.4) is 0 Å². The second-order valence-corrected chi connectivity index (χ2v) is 8.03. The number of benzene rings is 1. The van der Waals surface area contributed by atoms with E-state index < -0.39 is 15.6 Å². The zero-order valence-electron chi connectivity index (χ0n) is 11.2. The quantitative estimate of drug-likeness (QED) is 0.774. The summed E-state index contributed by atoms with van der Waals surface area (Å²) in [6, 6.07) is 6.14. The molecule has 1 aromatic heterocycles. The Labute approximate surface area is 130 Å². The van der Waals surface area contributed by atoms with E-state index in [1.54, 1.807) is 12.1 Å². The summed E-state index contributed by atoms with van der Waals surface area (Å²) in [5.74, 6) is 0.591. The zero-order valence-corrected chi connectivity index (χ0v) is 13.6. The van der Waals surface area contributed by atoms with Gasteiger partial charge in [-0.15, -0.1) is 0 Å². The van der Waals surface area contributed by atoms with Gasteiger partial charge in [-0.3, -0.25) is 4.79 Å². The minimum Gasteiger partial charge on any atom is -0.360 e. The molecule has 1 aromatic carbocycles. The molecule has 2 aromatic rings. The second kappa shape index (κ2) is 5.06. The van der Waals surface area contributed by atoms with Crippen LogP contribution in [0.1, 0.15) is 40.6 Å². The Balaban J connectivity index is 2.04. The number of aromatic nitrogens is 1. The molecule has 0 spiro atoms. The minimum atomic E-state index is -3.52. The first-order chi connectivity index (χ1) is 9.86. The third-order valence-corrected chi connectivity index (χ3v) is 4.96. The van der Waals surface area contributed by atoms with Gasteiger partial charge in [-0.2, -0.15) is 0 Å². The van der Waals surface area contributed by atoms with Crippen molar-refractivity contribution < 1.29 is 17.7 Å². The maximum Gasteiger partial charge on any atom is 0.216 e. The van der Waals surface area contributed by atoms with Crippen molar-refractivity contribution in [3.63, 3.8) is 0 Å². The van der Waals surface area contributed by atoms with E-state index in [4.69, 9.17) is 4.52 Å². The first-order valence-electron chi connectivity index (χ1n) is 6.37. The molecule has 110 valence electrons. The number of sulfone groups is 1. The highest BCUT2D eigenvalue weighted by atomic mass is 79.9. The van der Waals surface area contributed by atoms with Crippen molar-refractivity contribution in [3.8, 4) is 0 Å². The van der Waals surface area contributed by atoms with Gasteiger partial charge >= 0.3 is 0 Å². The summed E-state index contributed by atoms with van der Waals surface area (Å²) in [5.41, 5.74) is 0.250. The molecule has 1 aliphatic rings. The molecular weight excluding hydrogens is 358 g/mol. The van der Waals surface area contributed by atoms with Gasteiger partial charge in [0.25, 0.3) is 0 Å². The van der Waals surface area contributed by atoms with E-state index in [2.05, 4.69) is 21.1 Å². The maximum absolute atomic E-state index is 12.5. The molecule has 1 aliphatic carbocycles. The number of nitrogens with zero attached hydrogens (tertiary/aromatic N) is 1. The van der Waals surface area contributed by atoms with Crippen molar-refractivity contribution in [2.45, 2.75) is 23.7 Å². The number of hydrogen-bond donors (Lipinski definition) is 0. The first kappa shape index (κ1) is 14.5. The molecule has 0 amide bonds. The Hall–Kier alpha value is -1.47.